The van der Waals surface area contributed by atoms with E-state index in [0.717, 1.165) is 38.1 Å². The molecular weight excluding hydrogens is 606 g/mol. The number of carbonyl (C=O) groups is 2. The van der Waals surface area contributed by atoms with E-state index in [1.54, 1.807) is 19.1 Å². The van der Waals surface area contributed by atoms with Crippen molar-refractivity contribution >= 4 is 23.8 Å². The number of nitrogens with zero attached hydrogens (tertiary/aromatic N) is 1. The van der Waals surface area contributed by atoms with E-state index in [4.69, 9.17) is 14.2 Å². The van der Waals surface area contributed by atoms with E-state index in [-0.39, 0.29) is 38.5 Å². The van der Waals surface area contributed by atoms with E-state index < -0.39 is 18.3 Å². The number of hydrogen-bond donors (Lipinski definition) is 3. The number of ether oxygens (including phenoxy) is 3. The molecule has 46 heavy (non-hydrogen) atoms. The quantitative estimate of drug-likeness (QED) is 0.0833. The first kappa shape index (κ1) is 33.0. The Hall–Kier alpha value is -4.42. The summed E-state index contributed by atoms with van der Waals surface area (Å²) in [5, 5.41) is 27.6. The molecule has 1 aromatic heterocycles. The van der Waals surface area contributed by atoms with Crippen LogP contribution in [0.4, 0.5) is 4.79 Å². The molecule has 0 aliphatic carbocycles. The third kappa shape index (κ3) is 9.07. The molecule has 240 valence electrons. The number of benzene rings is 3. The molecule has 10 nitrogen and oxygen atoms in total. The van der Waals surface area contributed by atoms with Crippen molar-refractivity contribution in [3.63, 3.8) is 0 Å². The number of hydrogen-bond acceptors (Lipinski definition) is 8. The molecule has 1 saturated heterocycles. The third-order valence-corrected chi connectivity index (χ3v) is 8.54. The van der Waals surface area contributed by atoms with Crippen molar-refractivity contribution in [2.75, 3.05) is 18.9 Å². The molecule has 0 bridgehead atoms. The van der Waals surface area contributed by atoms with E-state index in [1.165, 1.54) is 18.0 Å². The van der Waals surface area contributed by atoms with E-state index in [9.17, 15) is 19.9 Å². The predicted octanol–water partition coefficient (Wildman–Crippen LogP) is 5.18. The highest BCUT2D eigenvalue weighted by atomic mass is 32.2. The Morgan fingerprint density at radius 1 is 0.935 bits per heavy atom. The van der Waals surface area contributed by atoms with Gasteiger partial charge in [0.05, 0.1) is 25.4 Å². The second kappa shape index (κ2) is 16.2. The van der Waals surface area contributed by atoms with Gasteiger partial charge in [0.25, 0.3) is 5.03 Å². The first-order valence-corrected chi connectivity index (χ1v) is 16.1. The first-order valence-electron chi connectivity index (χ1n) is 15.1. The van der Waals surface area contributed by atoms with Crippen LogP contribution < -0.4 is 15.4 Å². The maximum Gasteiger partial charge on any atom is 0.325 e. The Morgan fingerprint density at radius 2 is 1.72 bits per heavy atom. The van der Waals surface area contributed by atoms with Gasteiger partial charge in [-0.3, -0.25) is 4.79 Å². The van der Waals surface area contributed by atoms with E-state index in [2.05, 4.69) is 10.6 Å². The lowest BCUT2D eigenvalue weighted by molar-refractivity contribution is -0.645. The normalized spacial score (nSPS) is 17.7. The fourth-order valence-electron chi connectivity index (χ4n) is 5.06. The molecule has 0 saturated carbocycles. The fourth-order valence-corrected chi connectivity index (χ4v) is 5.99. The van der Waals surface area contributed by atoms with Crippen molar-refractivity contribution in [2.24, 2.45) is 0 Å². The van der Waals surface area contributed by atoms with Crippen LogP contribution in [0, 0.1) is 5.21 Å². The van der Waals surface area contributed by atoms with Gasteiger partial charge in [0, 0.05) is 36.4 Å². The van der Waals surface area contributed by atoms with Crippen LogP contribution in [0.25, 0.3) is 11.1 Å². The molecule has 4 aromatic rings. The van der Waals surface area contributed by atoms with Crippen LogP contribution in [0.5, 0.6) is 0 Å². The van der Waals surface area contributed by atoms with Crippen LogP contribution in [-0.4, -0.2) is 42.1 Å². The van der Waals surface area contributed by atoms with Crippen molar-refractivity contribution in [1.29, 1.82) is 0 Å². The molecule has 2 heterocycles. The molecule has 2 amide bonds. The summed E-state index contributed by atoms with van der Waals surface area (Å²) < 4.78 is 18.7. The first-order chi connectivity index (χ1) is 22.4. The average Bonchev–Trinajstić information content (AvgIpc) is 3.09. The van der Waals surface area contributed by atoms with E-state index in [0.29, 0.717) is 17.2 Å². The third-order valence-electron chi connectivity index (χ3n) is 7.39. The summed E-state index contributed by atoms with van der Waals surface area (Å²) >= 11 is 1.45. The van der Waals surface area contributed by atoms with Gasteiger partial charge in [-0.25, -0.2) is 4.79 Å². The monoisotopic (exact) mass is 643 g/mol. The molecule has 1 fully saturated rings. The minimum absolute atomic E-state index is 0.0319. The zero-order valence-corrected chi connectivity index (χ0v) is 26.3. The Balaban J connectivity index is 1.30. The number of rotatable bonds is 12. The summed E-state index contributed by atoms with van der Waals surface area (Å²) in [6, 6.07) is 28.4. The Labute approximate surface area is 272 Å². The van der Waals surface area contributed by atoms with Crippen molar-refractivity contribution < 1.29 is 33.6 Å². The number of carbonyl (C=O) groups excluding carboxylic acids is 2. The number of aliphatic hydroxyl groups is 1. The van der Waals surface area contributed by atoms with Crippen molar-refractivity contribution in [3.8, 4) is 11.1 Å². The van der Waals surface area contributed by atoms with Crippen molar-refractivity contribution in [2.45, 2.75) is 50.0 Å². The van der Waals surface area contributed by atoms with Crippen LogP contribution in [0.1, 0.15) is 48.0 Å². The minimum Gasteiger partial charge on any atom is -0.618 e. The number of thioether (sulfide) groups is 1. The van der Waals surface area contributed by atoms with E-state index >= 15 is 0 Å². The molecule has 3 atom stereocenters. The second-order valence-electron chi connectivity index (χ2n) is 10.7. The van der Waals surface area contributed by atoms with Gasteiger partial charge in [-0.05, 0) is 52.9 Å². The van der Waals surface area contributed by atoms with Crippen molar-refractivity contribution in [1.82, 2.24) is 10.6 Å². The number of pyridine rings is 1. The topological polar surface area (TPSA) is 133 Å². The number of nitrogens with one attached hydrogen (secondary N) is 2. The van der Waals surface area contributed by atoms with Gasteiger partial charge in [0.1, 0.15) is 6.54 Å². The maximum atomic E-state index is 12.2. The van der Waals surface area contributed by atoms with Crippen LogP contribution >= 0.6 is 11.8 Å². The van der Waals surface area contributed by atoms with Gasteiger partial charge < -0.3 is 35.2 Å². The summed E-state index contributed by atoms with van der Waals surface area (Å²) in [7, 11) is 0. The van der Waals surface area contributed by atoms with Crippen LogP contribution in [0.15, 0.2) is 102 Å². The molecule has 0 spiro atoms. The maximum absolute atomic E-state index is 12.2. The standard InChI is InChI=1S/C35H37N3O7S/c1-2-43-33(40)21-37-35(41)36-20-25-7-5-8-27(17-25)28-9-6-10-29(18-28)34-44-30(23-46-32-11-3-4-16-38(32)42)19-31(45-34)26-14-12-24(22-39)13-15-26/h3-18,30-31,34,39H,2,19-23H2,1H3,(H2,36,37,41)/t30-,31+,34+/m0/s1. The number of aromatic nitrogens is 1. The summed E-state index contributed by atoms with van der Waals surface area (Å²) in [6.45, 7) is 2.01. The Kier molecular flexibility index (Phi) is 11.6. The van der Waals surface area contributed by atoms with E-state index in [1.807, 2.05) is 78.9 Å². The van der Waals surface area contributed by atoms with Crippen LogP contribution in [-0.2, 0) is 32.2 Å². The molecule has 3 aromatic carbocycles. The summed E-state index contributed by atoms with van der Waals surface area (Å²) in [5.41, 5.74) is 5.46. The molecule has 3 N–H and O–H groups in total. The highest BCUT2D eigenvalue weighted by molar-refractivity contribution is 7.99. The van der Waals surface area contributed by atoms with Crippen LogP contribution in [0.2, 0.25) is 0 Å². The van der Waals surface area contributed by atoms with Gasteiger partial charge in [-0.1, -0.05) is 72.4 Å². The van der Waals surface area contributed by atoms with Gasteiger partial charge in [0.15, 0.2) is 12.5 Å². The Morgan fingerprint density at radius 3 is 2.48 bits per heavy atom. The fraction of sp³-hybridized carbons (Fsp3) is 0.286. The second-order valence-corrected chi connectivity index (χ2v) is 11.7. The SMILES string of the molecule is CCOC(=O)CNC(=O)NCc1cccc(-c2cccc([C@@H]3O[C@H](CSc4cccc[n+]4[O-])C[C@H](c4ccc(CO)cc4)O3)c2)c1. The zero-order valence-electron chi connectivity index (χ0n) is 25.5. The van der Waals surface area contributed by atoms with Crippen molar-refractivity contribution in [3.05, 3.63) is 125 Å². The number of esters is 1. The highest BCUT2D eigenvalue weighted by Crippen LogP contribution is 2.40. The molecule has 0 radical (unpaired) electrons. The van der Waals surface area contributed by atoms with Gasteiger partial charge in [-0.2, -0.15) is 4.73 Å². The number of aliphatic hydroxyl groups excluding tert-OH is 1. The summed E-state index contributed by atoms with van der Waals surface area (Å²) in [6.07, 6.45) is 0.999. The average molecular weight is 644 g/mol. The molecule has 11 heteroatoms. The number of amides is 2. The van der Waals surface area contributed by atoms with Crippen LogP contribution in [0.3, 0.4) is 0 Å². The zero-order chi connectivity index (χ0) is 32.3. The minimum atomic E-state index is -0.648. The molecular formula is C35H37N3O7S. The predicted molar refractivity (Wildman–Crippen MR) is 173 cm³/mol. The summed E-state index contributed by atoms with van der Waals surface area (Å²) in [5.74, 6) is 0.0765. The summed E-state index contributed by atoms with van der Waals surface area (Å²) in [4.78, 5) is 23.6. The lowest BCUT2D eigenvalue weighted by Crippen LogP contribution is -2.38. The smallest absolute Gasteiger partial charge is 0.325 e. The lowest BCUT2D eigenvalue weighted by atomic mass is 9.99. The molecule has 5 rings (SSSR count). The van der Waals surface area contributed by atoms with Gasteiger partial charge >= 0.3 is 12.0 Å². The molecule has 1 aliphatic heterocycles. The molecule has 0 unspecified atom stereocenters. The van der Waals surface area contributed by atoms with Gasteiger partial charge in [0.2, 0.25) is 0 Å². The highest BCUT2D eigenvalue weighted by Gasteiger charge is 2.33. The van der Waals surface area contributed by atoms with Gasteiger partial charge in [-0.15, -0.1) is 0 Å². The lowest BCUT2D eigenvalue weighted by Gasteiger charge is -2.36. The molecule has 1 aliphatic rings. The number of urea groups is 1. The Bertz CT molecular complexity index is 1620. The largest absolute Gasteiger partial charge is 0.618 e.